The van der Waals surface area contributed by atoms with Crippen LogP contribution in [0.25, 0.3) is 0 Å². The van der Waals surface area contributed by atoms with Gasteiger partial charge in [0.1, 0.15) is 0 Å². The lowest BCUT2D eigenvalue weighted by molar-refractivity contribution is 0.0232. The Kier molecular flexibility index (Phi) is 3.74. The summed E-state index contributed by atoms with van der Waals surface area (Å²) in [7, 11) is 0. The standard InChI is InChI=1S/C13H15N3O2/c1-9-12(10(2)15-14-9)13(17)16-18-8-11-6-4-3-5-7-11/h3-7H,8H2,1-2H3,(H,14,15)(H,16,17). The second kappa shape index (κ2) is 5.46. The Bertz CT molecular complexity index is 515. The number of aromatic nitrogens is 2. The van der Waals surface area contributed by atoms with Crippen LogP contribution >= 0.6 is 0 Å². The average Bonchev–Trinajstić information content (AvgIpc) is 2.70. The molecule has 1 amide bonds. The highest BCUT2D eigenvalue weighted by Crippen LogP contribution is 2.08. The molecule has 0 fully saturated rings. The Morgan fingerprint density at radius 2 is 2.06 bits per heavy atom. The third-order valence-electron chi connectivity index (χ3n) is 2.60. The molecule has 2 rings (SSSR count). The second-order valence-corrected chi connectivity index (χ2v) is 4.01. The molecule has 2 N–H and O–H groups in total. The highest BCUT2D eigenvalue weighted by atomic mass is 16.6. The molecule has 0 saturated carbocycles. The Balaban J connectivity index is 1.90. The van der Waals surface area contributed by atoms with Gasteiger partial charge in [-0.25, -0.2) is 5.48 Å². The average molecular weight is 245 g/mol. The van der Waals surface area contributed by atoms with Crippen LogP contribution in [-0.2, 0) is 11.4 Å². The van der Waals surface area contributed by atoms with Gasteiger partial charge in [-0.2, -0.15) is 5.10 Å². The highest BCUT2D eigenvalue weighted by molar-refractivity contribution is 5.95. The molecule has 0 unspecified atom stereocenters. The van der Waals surface area contributed by atoms with E-state index in [2.05, 4.69) is 15.7 Å². The molecule has 0 spiro atoms. The van der Waals surface area contributed by atoms with Gasteiger partial charge in [-0.3, -0.25) is 14.7 Å². The van der Waals surface area contributed by atoms with Crippen LogP contribution in [0.15, 0.2) is 30.3 Å². The lowest BCUT2D eigenvalue weighted by Crippen LogP contribution is -2.24. The number of rotatable bonds is 4. The molecule has 0 saturated heterocycles. The van der Waals surface area contributed by atoms with Crippen LogP contribution in [-0.4, -0.2) is 16.1 Å². The molecule has 5 heteroatoms. The molecule has 1 aromatic heterocycles. The predicted octanol–water partition coefficient (Wildman–Crippen LogP) is 1.89. The van der Waals surface area contributed by atoms with Gasteiger partial charge in [-0.05, 0) is 19.4 Å². The van der Waals surface area contributed by atoms with Crippen molar-refractivity contribution < 1.29 is 9.63 Å². The van der Waals surface area contributed by atoms with E-state index < -0.39 is 0 Å². The summed E-state index contributed by atoms with van der Waals surface area (Å²) in [6, 6.07) is 9.64. The number of aromatic amines is 1. The second-order valence-electron chi connectivity index (χ2n) is 4.01. The maximum Gasteiger partial charge on any atom is 0.278 e. The predicted molar refractivity (Wildman–Crippen MR) is 66.8 cm³/mol. The first kappa shape index (κ1) is 12.3. The molecule has 0 atom stereocenters. The van der Waals surface area contributed by atoms with Crippen molar-refractivity contribution >= 4 is 5.91 Å². The van der Waals surface area contributed by atoms with Gasteiger partial charge in [0.25, 0.3) is 5.91 Å². The van der Waals surface area contributed by atoms with Gasteiger partial charge in [-0.15, -0.1) is 0 Å². The summed E-state index contributed by atoms with van der Waals surface area (Å²) in [5, 5.41) is 6.72. The summed E-state index contributed by atoms with van der Waals surface area (Å²) < 4.78 is 0. The molecular weight excluding hydrogens is 230 g/mol. The van der Waals surface area contributed by atoms with E-state index in [4.69, 9.17) is 4.84 Å². The van der Waals surface area contributed by atoms with Crippen LogP contribution in [0.5, 0.6) is 0 Å². The Hall–Kier alpha value is -2.14. The Morgan fingerprint density at radius 3 is 2.67 bits per heavy atom. The fourth-order valence-corrected chi connectivity index (χ4v) is 1.70. The third-order valence-corrected chi connectivity index (χ3v) is 2.60. The van der Waals surface area contributed by atoms with E-state index in [0.717, 1.165) is 11.3 Å². The monoisotopic (exact) mass is 245 g/mol. The highest BCUT2D eigenvalue weighted by Gasteiger charge is 2.14. The van der Waals surface area contributed by atoms with Gasteiger partial charge in [0.2, 0.25) is 0 Å². The summed E-state index contributed by atoms with van der Waals surface area (Å²) >= 11 is 0. The number of hydroxylamine groups is 1. The Labute approximate surface area is 105 Å². The van der Waals surface area contributed by atoms with Crippen LogP contribution < -0.4 is 5.48 Å². The molecule has 0 bridgehead atoms. The molecule has 0 aliphatic heterocycles. The zero-order valence-electron chi connectivity index (χ0n) is 10.4. The number of nitrogens with zero attached hydrogens (tertiary/aromatic N) is 1. The summed E-state index contributed by atoms with van der Waals surface area (Å²) in [6.07, 6.45) is 0. The van der Waals surface area contributed by atoms with Gasteiger partial charge in [0.05, 0.1) is 17.9 Å². The molecule has 0 aliphatic rings. The molecule has 1 heterocycles. The first-order valence-corrected chi connectivity index (χ1v) is 5.66. The van der Waals surface area contributed by atoms with Crippen LogP contribution in [0.2, 0.25) is 0 Å². The number of H-pyrrole nitrogens is 1. The number of carbonyl (C=O) groups is 1. The number of nitrogens with one attached hydrogen (secondary N) is 2. The number of benzene rings is 1. The number of hydrogen-bond donors (Lipinski definition) is 2. The number of carbonyl (C=O) groups excluding carboxylic acids is 1. The van der Waals surface area contributed by atoms with Crippen LogP contribution in [0, 0.1) is 13.8 Å². The summed E-state index contributed by atoms with van der Waals surface area (Å²) in [5.41, 5.74) is 5.34. The molecule has 0 radical (unpaired) electrons. The van der Waals surface area contributed by atoms with Crippen molar-refractivity contribution in [2.45, 2.75) is 20.5 Å². The maximum atomic E-state index is 11.8. The summed E-state index contributed by atoms with van der Waals surface area (Å²) in [6.45, 7) is 3.91. The molecule has 5 nitrogen and oxygen atoms in total. The van der Waals surface area contributed by atoms with Crippen molar-refractivity contribution in [2.24, 2.45) is 0 Å². The van der Waals surface area contributed by atoms with Crippen LogP contribution in [0.4, 0.5) is 0 Å². The van der Waals surface area contributed by atoms with Gasteiger partial charge >= 0.3 is 0 Å². The molecule has 2 aromatic rings. The quantitative estimate of drug-likeness (QED) is 0.808. The van der Waals surface area contributed by atoms with Crippen LogP contribution in [0.3, 0.4) is 0 Å². The number of aryl methyl sites for hydroxylation is 2. The number of amides is 1. The van der Waals surface area contributed by atoms with Crippen LogP contribution in [0.1, 0.15) is 27.3 Å². The fourth-order valence-electron chi connectivity index (χ4n) is 1.70. The van der Waals surface area contributed by atoms with Crippen molar-refractivity contribution in [1.82, 2.24) is 15.7 Å². The fraction of sp³-hybridized carbons (Fsp3) is 0.231. The maximum absolute atomic E-state index is 11.8. The lowest BCUT2D eigenvalue weighted by Gasteiger charge is -2.06. The van der Waals surface area contributed by atoms with E-state index in [1.165, 1.54) is 0 Å². The zero-order chi connectivity index (χ0) is 13.0. The van der Waals surface area contributed by atoms with E-state index in [1.54, 1.807) is 13.8 Å². The minimum absolute atomic E-state index is 0.283. The number of hydrogen-bond acceptors (Lipinski definition) is 3. The van der Waals surface area contributed by atoms with E-state index in [9.17, 15) is 4.79 Å². The van der Waals surface area contributed by atoms with E-state index in [0.29, 0.717) is 17.9 Å². The normalized spacial score (nSPS) is 10.3. The largest absolute Gasteiger partial charge is 0.282 e. The minimum Gasteiger partial charge on any atom is -0.282 e. The summed E-state index contributed by atoms with van der Waals surface area (Å²) in [4.78, 5) is 17.0. The topological polar surface area (TPSA) is 67.0 Å². The van der Waals surface area contributed by atoms with Gasteiger partial charge < -0.3 is 0 Å². The van der Waals surface area contributed by atoms with Crippen molar-refractivity contribution in [2.75, 3.05) is 0 Å². The minimum atomic E-state index is -0.283. The molecular formula is C13H15N3O2. The summed E-state index contributed by atoms with van der Waals surface area (Å²) in [5.74, 6) is -0.283. The third kappa shape index (κ3) is 2.75. The molecule has 94 valence electrons. The van der Waals surface area contributed by atoms with Crippen molar-refractivity contribution in [3.05, 3.63) is 52.8 Å². The van der Waals surface area contributed by atoms with Crippen molar-refractivity contribution in [1.29, 1.82) is 0 Å². The Morgan fingerprint density at radius 1 is 1.33 bits per heavy atom. The van der Waals surface area contributed by atoms with E-state index >= 15 is 0 Å². The van der Waals surface area contributed by atoms with Gasteiger partial charge in [0.15, 0.2) is 0 Å². The van der Waals surface area contributed by atoms with Gasteiger partial charge in [-0.1, -0.05) is 30.3 Å². The van der Waals surface area contributed by atoms with E-state index in [-0.39, 0.29) is 5.91 Å². The SMILES string of the molecule is Cc1n[nH]c(C)c1C(=O)NOCc1ccccc1. The van der Waals surface area contributed by atoms with Gasteiger partial charge in [0, 0.05) is 5.69 Å². The smallest absolute Gasteiger partial charge is 0.278 e. The lowest BCUT2D eigenvalue weighted by atomic mass is 10.2. The first-order chi connectivity index (χ1) is 8.68. The first-order valence-electron chi connectivity index (χ1n) is 5.66. The van der Waals surface area contributed by atoms with E-state index in [1.807, 2.05) is 30.3 Å². The molecule has 18 heavy (non-hydrogen) atoms. The van der Waals surface area contributed by atoms with Crippen molar-refractivity contribution in [3.8, 4) is 0 Å². The molecule has 1 aromatic carbocycles. The van der Waals surface area contributed by atoms with Crippen molar-refractivity contribution in [3.63, 3.8) is 0 Å². The molecule has 0 aliphatic carbocycles. The zero-order valence-corrected chi connectivity index (χ0v) is 10.4.